The Balaban J connectivity index is 2.04. The normalized spacial score (nSPS) is 10.4. The number of esters is 1. The summed E-state index contributed by atoms with van der Waals surface area (Å²) in [6.07, 6.45) is 0. The molecule has 0 radical (unpaired) electrons. The molecule has 0 bridgehead atoms. The van der Waals surface area contributed by atoms with E-state index in [9.17, 15) is 9.59 Å². The van der Waals surface area contributed by atoms with Crippen molar-refractivity contribution in [2.75, 3.05) is 19.0 Å². The van der Waals surface area contributed by atoms with Gasteiger partial charge in [0.2, 0.25) is 5.78 Å². The summed E-state index contributed by atoms with van der Waals surface area (Å²) in [4.78, 5) is 26.9. The number of hydrogen-bond acceptors (Lipinski definition) is 5. The smallest absolute Gasteiger partial charge is 0.338 e. The number of ether oxygens (including phenoxy) is 1. The summed E-state index contributed by atoms with van der Waals surface area (Å²) in [5.41, 5.74) is 2.43. The van der Waals surface area contributed by atoms with Crippen LogP contribution in [0.5, 0.6) is 0 Å². The third-order valence-corrected chi connectivity index (χ3v) is 5.12. The number of anilines is 1. The predicted octanol–water partition coefficient (Wildman–Crippen LogP) is 4.86. The Bertz CT molecular complexity index is 931. The Kier molecular flexibility index (Phi) is 5.49. The Hall–Kier alpha value is -2.92. The van der Waals surface area contributed by atoms with Gasteiger partial charge in [-0.1, -0.05) is 48.5 Å². The van der Waals surface area contributed by atoms with Crippen molar-refractivity contribution in [2.24, 2.45) is 0 Å². The molecule has 0 aliphatic rings. The lowest BCUT2D eigenvalue weighted by atomic mass is 10.0. The van der Waals surface area contributed by atoms with Crippen molar-refractivity contribution < 1.29 is 14.3 Å². The summed E-state index contributed by atoms with van der Waals surface area (Å²) in [6.45, 7) is 2.01. The number of rotatable bonds is 6. The van der Waals surface area contributed by atoms with Crippen molar-refractivity contribution in [3.8, 4) is 10.4 Å². The quantitative estimate of drug-likeness (QED) is 0.500. The summed E-state index contributed by atoms with van der Waals surface area (Å²) >= 11 is 1.41. The molecule has 0 saturated carbocycles. The van der Waals surface area contributed by atoms with Crippen LogP contribution in [0.2, 0.25) is 0 Å². The van der Waals surface area contributed by atoms with Gasteiger partial charge in [-0.2, -0.15) is 0 Å². The zero-order chi connectivity index (χ0) is 18.5. The second-order valence-corrected chi connectivity index (χ2v) is 6.62. The molecule has 132 valence electrons. The fourth-order valence-electron chi connectivity index (χ4n) is 2.68. The molecular formula is C21H19NO3S. The lowest BCUT2D eigenvalue weighted by Crippen LogP contribution is -2.12. The van der Waals surface area contributed by atoms with Crippen LogP contribution < -0.4 is 5.32 Å². The molecule has 0 saturated heterocycles. The molecule has 0 aliphatic heterocycles. The van der Waals surface area contributed by atoms with Gasteiger partial charge in [0.15, 0.2) is 0 Å². The van der Waals surface area contributed by atoms with Gasteiger partial charge in [-0.25, -0.2) is 4.79 Å². The van der Waals surface area contributed by atoms with Crippen molar-refractivity contribution >= 4 is 28.8 Å². The minimum absolute atomic E-state index is 0.190. The third kappa shape index (κ3) is 3.53. The Labute approximate surface area is 156 Å². The summed E-state index contributed by atoms with van der Waals surface area (Å²) < 4.78 is 5.08. The van der Waals surface area contributed by atoms with Crippen molar-refractivity contribution in [3.63, 3.8) is 0 Å². The van der Waals surface area contributed by atoms with Gasteiger partial charge in [0.05, 0.1) is 22.7 Å². The molecule has 2 aromatic carbocycles. The van der Waals surface area contributed by atoms with Crippen LogP contribution in [0.25, 0.3) is 10.4 Å². The van der Waals surface area contributed by atoms with Gasteiger partial charge < -0.3 is 10.1 Å². The average molecular weight is 365 g/mol. The number of hydrogen-bond donors (Lipinski definition) is 1. The van der Waals surface area contributed by atoms with Crippen LogP contribution in [0.3, 0.4) is 0 Å². The molecule has 0 fully saturated rings. The van der Waals surface area contributed by atoms with E-state index in [1.165, 1.54) is 11.3 Å². The second-order valence-electron chi connectivity index (χ2n) is 5.56. The highest BCUT2D eigenvalue weighted by Crippen LogP contribution is 2.36. The highest BCUT2D eigenvalue weighted by molar-refractivity contribution is 7.18. The summed E-state index contributed by atoms with van der Waals surface area (Å²) in [7, 11) is 1.78. The van der Waals surface area contributed by atoms with Crippen molar-refractivity contribution in [1.29, 1.82) is 0 Å². The van der Waals surface area contributed by atoms with Crippen LogP contribution in [-0.2, 0) is 4.74 Å². The van der Waals surface area contributed by atoms with E-state index in [1.807, 2.05) is 36.4 Å². The Morgan fingerprint density at radius 2 is 1.65 bits per heavy atom. The number of thiophene rings is 1. The molecule has 1 N–H and O–H groups in total. The molecule has 3 rings (SSSR count). The van der Waals surface area contributed by atoms with Crippen LogP contribution in [0, 0.1) is 0 Å². The minimum atomic E-state index is -0.484. The first kappa shape index (κ1) is 17.9. The van der Waals surface area contributed by atoms with E-state index in [1.54, 1.807) is 38.2 Å². The second kappa shape index (κ2) is 7.97. The topological polar surface area (TPSA) is 55.4 Å². The van der Waals surface area contributed by atoms with Gasteiger partial charge in [0, 0.05) is 17.5 Å². The van der Waals surface area contributed by atoms with E-state index in [0.29, 0.717) is 10.4 Å². The molecule has 0 spiro atoms. The lowest BCUT2D eigenvalue weighted by Gasteiger charge is -2.08. The number of carbonyl (C=O) groups is 2. The molecule has 0 aliphatic carbocycles. The first-order valence-corrected chi connectivity index (χ1v) is 9.15. The molecule has 5 heteroatoms. The summed E-state index contributed by atoms with van der Waals surface area (Å²) in [5, 5.41) is 3.08. The predicted molar refractivity (Wildman–Crippen MR) is 105 cm³/mol. The molecule has 26 heavy (non-hydrogen) atoms. The molecule has 0 atom stereocenters. The Morgan fingerprint density at radius 3 is 2.31 bits per heavy atom. The first-order chi connectivity index (χ1) is 12.7. The molecular weight excluding hydrogens is 346 g/mol. The molecule has 0 unspecified atom stereocenters. The molecule has 4 nitrogen and oxygen atoms in total. The summed E-state index contributed by atoms with van der Waals surface area (Å²) in [6, 6.07) is 18.6. The third-order valence-electron chi connectivity index (χ3n) is 3.93. The average Bonchev–Trinajstić information content (AvgIpc) is 3.13. The van der Waals surface area contributed by atoms with E-state index < -0.39 is 5.97 Å². The standard InChI is InChI=1S/C21H19NO3S/c1-3-25-21(24)16-12-8-7-11-15(16)19(23)20-17(22-2)13-18(26-20)14-9-5-4-6-10-14/h4-13,22H,3H2,1-2H3. The highest BCUT2D eigenvalue weighted by atomic mass is 32.1. The van der Waals surface area contributed by atoms with Gasteiger partial charge in [0.1, 0.15) is 0 Å². The lowest BCUT2D eigenvalue weighted by molar-refractivity contribution is 0.0523. The van der Waals surface area contributed by atoms with Gasteiger partial charge in [0.25, 0.3) is 0 Å². The van der Waals surface area contributed by atoms with Crippen LogP contribution in [-0.4, -0.2) is 25.4 Å². The van der Waals surface area contributed by atoms with Crippen molar-refractivity contribution in [3.05, 3.63) is 76.7 Å². The van der Waals surface area contributed by atoms with E-state index in [2.05, 4.69) is 5.32 Å². The largest absolute Gasteiger partial charge is 0.462 e. The Morgan fingerprint density at radius 1 is 1.00 bits per heavy atom. The maximum atomic E-state index is 13.2. The van der Waals surface area contributed by atoms with Gasteiger partial charge in [-0.05, 0) is 24.6 Å². The minimum Gasteiger partial charge on any atom is -0.462 e. The molecule has 3 aromatic rings. The van der Waals surface area contributed by atoms with E-state index in [4.69, 9.17) is 4.74 Å². The summed E-state index contributed by atoms with van der Waals surface area (Å²) in [5.74, 6) is -0.674. The molecule has 0 amide bonds. The van der Waals surface area contributed by atoms with Crippen LogP contribution in [0.15, 0.2) is 60.7 Å². The van der Waals surface area contributed by atoms with Gasteiger partial charge in [-0.3, -0.25) is 4.79 Å². The number of carbonyl (C=O) groups excluding carboxylic acids is 2. The van der Waals surface area contributed by atoms with Gasteiger partial charge in [-0.15, -0.1) is 11.3 Å². The van der Waals surface area contributed by atoms with Crippen molar-refractivity contribution in [2.45, 2.75) is 6.92 Å². The fraction of sp³-hybridized carbons (Fsp3) is 0.143. The maximum Gasteiger partial charge on any atom is 0.338 e. The number of benzene rings is 2. The first-order valence-electron chi connectivity index (χ1n) is 8.33. The van der Waals surface area contributed by atoms with Crippen LogP contribution in [0.1, 0.15) is 32.5 Å². The van der Waals surface area contributed by atoms with Gasteiger partial charge >= 0.3 is 5.97 Å². The maximum absolute atomic E-state index is 13.2. The van der Waals surface area contributed by atoms with Crippen LogP contribution in [0.4, 0.5) is 5.69 Å². The SMILES string of the molecule is CCOC(=O)c1ccccc1C(=O)c1sc(-c2ccccc2)cc1NC. The number of nitrogens with one attached hydrogen (secondary N) is 1. The molecule has 1 heterocycles. The van der Waals surface area contributed by atoms with Crippen LogP contribution >= 0.6 is 11.3 Å². The van der Waals surface area contributed by atoms with E-state index in [0.717, 1.165) is 16.1 Å². The fourth-order valence-corrected chi connectivity index (χ4v) is 3.80. The van der Waals surface area contributed by atoms with Crippen molar-refractivity contribution in [1.82, 2.24) is 0 Å². The number of ketones is 1. The zero-order valence-corrected chi connectivity index (χ0v) is 15.4. The zero-order valence-electron chi connectivity index (χ0n) is 14.6. The monoisotopic (exact) mass is 365 g/mol. The molecule has 1 aromatic heterocycles. The van der Waals surface area contributed by atoms with E-state index in [-0.39, 0.29) is 18.0 Å². The highest BCUT2D eigenvalue weighted by Gasteiger charge is 2.23. The van der Waals surface area contributed by atoms with E-state index >= 15 is 0 Å².